The summed E-state index contributed by atoms with van der Waals surface area (Å²) in [5.41, 5.74) is 4.85. The fourth-order valence-electron chi connectivity index (χ4n) is 3.84. The van der Waals surface area contributed by atoms with Crippen molar-refractivity contribution < 1.29 is 5.11 Å². The molecule has 0 aromatic heterocycles. The zero-order valence-electron chi connectivity index (χ0n) is 13.4. The second-order valence-corrected chi connectivity index (χ2v) is 6.35. The van der Waals surface area contributed by atoms with E-state index in [0.717, 1.165) is 18.7 Å². The summed E-state index contributed by atoms with van der Waals surface area (Å²) in [6.45, 7) is 10.4. The molecule has 1 atom stereocenters. The molecule has 1 aliphatic rings. The van der Waals surface area contributed by atoms with Crippen molar-refractivity contribution in [3.8, 4) is 0 Å². The van der Waals surface area contributed by atoms with Crippen LogP contribution in [-0.4, -0.2) is 29.1 Å². The van der Waals surface area contributed by atoms with Crippen LogP contribution in [0.5, 0.6) is 0 Å². The average Bonchev–Trinajstić information content (AvgIpc) is 2.88. The number of aryl methyl sites for hydroxylation is 3. The molecule has 112 valence electrons. The van der Waals surface area contributed by atoms with Crippen LogP contribution in [0, 0.1) is 20.8 Å². The Balaban J connectivity index is 2.12. The Bertz CT molecular complexity index is 426. The normalized spacial score (nSPS) is 17.9. The molecular weight excluding hydrogens is 246 g/mol. The quantitative estimate of drug-likeness (QED) is 0.880. The lowest BCUT2D eigenvalue weighted by atomic mass is 9.95. The summed E-state index contributed by atoms with van der Waals surface area (Å²) in [6, 6.07) is 5.04. The summed E-state index contributed by atoms with van der Waals surface area (Å²) < 4.78 is 0. The van der Waals surface area contributed by atoms with E-state index in [1.165, 1.54) is 42.4 Å². The van der Waals surface area contributed by atoms with Crippen molar-refractivity contribution in [3.63, 3.8) is 0 Å². The van der Waals surface area contributed by atoms with Gasteiger partial charge in [-0.3, -0.25) is 4.90 Å². The summed E-state index contributed by atoms with van der Waals surface area (Å²) in [5.74, 6) is 0. The third-order valence-electron chi connectivity index (χ3n) is 4.73. The van der Waals surface area contributed by atoms with E-state index in [0.29, 0.717) is 6.04 Å². The highest BCUT2D eigenvalue weighted by Gasteiger charge is 2.24. The molecule has 1 fully saturated rings. The Kier molecular flexibility index (Phi) is 5.22. The largest absolute Gasteiger partial charge is 0.387 e. The van der Waals surface area contributed by atoms with Gasteiger partial charge in [0.1, 0.15) is 0 Å². The molecule has 1 N–H and O–H groups in total. The monoisotopic (exact) mass is 275 g/mol. The number of benzene rings is 1. The number of aliphatic hydroxyl groups excluding tert-OH is 1. The van der Waals surface area contributed by atoms with Crippen molar-refractivity contribution in [1.82, 2.24) is 4.90 Å². The molecule has 2 heteroatoms. The molecule has 1 unspecified atom stereocenters. The number of rotatable bonds is 5. The third-order valence-corrected chi connectivity index (χ3v) is 4.73. The number of aliphatic hydroxyl groups is 1. The molecule has 0 heterocycles. The SMILES string of the molecule is CCN(CC(O)c1c(C)cc(C)cc1C)C1CCCC1. The standard InChI is InChI=1S/C18H29NO/c1-5-19(16-8-6-7-9-16)12-17(20)18-14(3)10-13(2)11-15(18)4/h10-11,16-17,20H,5-9,12H2,1-4H3. The van der Waals surface area contributed by atoms with Gasteiger partial charge in [0.05, 0.1) is 6.10 Å². The van der Waals surface area contributed by atoms with E-state index in [9.17, 15) is 5.11 Å². The number of likely N-dealkylation sites (N-methyl/N-ethyl adjacent to an activating group) is 1. The third kappa shape index (κ3) is 3.42. The smallest absolute Gasteiger partial charge is 0.0922 e. The van der Waals surface area contributed by atoms with E-state index in [1.54, 1.807) is 0 Å². The van der Waals surface area contributed by atoms with E-state index >= 15 is 0 Å². The lowest BCUT2D eigenvalue weighted by molar-refractivity contribution is 0.0906. The maximum Gasteiger partial charge on any atom is 0.0922 e. The molecule has 1 aliphatic carbocycles. The zero-order valence-corrected chi connectivity index (χ0v) is 13.4. The summed E-state index contributed by atoms with van der Waals surface area (Å²) in [7, 11) is 0. The van der Waals surface area contributed by atoms with Gasteiger partial charge in [-0.1, -0.05) is 37.5 Å². The van der Waals surface area contributed by atoms with Crippen LogP contribution < -0.4 is 0 Å². The molecule has 0 spiro atoms. The molecule has 1 aromatic rings. The van der Waals surface area contributed by atoms with Crippen LogP contribution in [0.15, 0.2) is 12.1 Å². The van der Waals surface area contributed by atoms with Crippen molar-refractivity contribution in [2.24, 2.45) is 0 Å². The minimum atomic E-state index is -0.365. The van der Waals surface area contributed by atoms with Gasteiger partial charge in [0.25, 0.3) is 0 Å². The lowest BCUT2D eigenvalue weighted by Crippen LogP contribution is -2.36. The topological polar surface area (TPSA) is 23.5 Å². The Hall–Kier alpha value is -0.860. The Labute approximate surface area is 123 Å². The van der Waals surface area contributed by atoms with Crippen molar-refractivity contribution in [3.05, 3.63) is 34.4 Å². The second kappa shape index (κ2) is 6.73. The van der Waals surface area contributed by atoms with Crippen LogP contribution in [0.1, 0.15) is 61.0 Å². The second-order valence-electron chi connectivity index (χ2n) is 6.35. The molecule has 2 rings (SSSR count). The van der Waals surface area contributed by atoms with Crippen LogP contribution >= 0.6 is 0 Å². The summed E-state index contributed by atoms with van der Waals surface area (Å²) >= 11 is 0. The van der Waals surface area contributed by atoms with Crippen molar-refractivity contribution in [2.75, 3.05) is 13.1 Å². The van der Waals surface area contributed by atoms with E-state index in [-0.39, 0.29) is 6.10 Å². The fraction of sp³-hybridized carbons (Fsp3) is 0.667. The highest BCUT2D eigenvalue weighted by molar-refractivity contribution is 5.39. The molecule has 0 bridgehead atoms. The van der Waals surface area contributed by atoms with E-state index in [2.05, 4.69) is 44.7 Å². The number of hydrogen-bond acceptors (Lipinski definition) is 2. The fourth-order valence-corrected chi connectivity index (χ4v) is 3.84. The molecule has 1 aromatic carbocycles. The van der Waals surface area contributed by atoms with Crippen molar-refractivity contribution >= 4 is 0 Å². The maximum absolute atomic E-state index is 10.7. The van der Waals surface area contributed by atoms with E-state index in [4.69, 9.17) is 0 Å². The number of nitrogens with zero attached hydrogens (tertiary/aromatic N) is 1. The van der Waals surface area contributed by atoms with Gasteiger partial charge in [0.2, 0.25) is 0 Å². The first-order valence-electron chi connectivity index (χ1n) is 8.02. The molecule has 0 amide bonds. The molecule has 20 heavy (non-hydrogen) atoms. The van der Waals surface area contributed by atoms with Crippen LogP contribution in [0.2, 0.25) is 0 Å². The van der Waals surface area contributed by atoms with Crippen molar-refractivity contribution in [1.29, 1.82) is 0 Å². The Morgan fingerprint density at radius 1 is 1.15 bits per heavy atom. The van der Waals surface area contributed by atoms with Crippen LogP contribution in [0.25, 0.3) is 0 Å². The van der Waals surface area contributed by atoms with Gasteiger partial charge < -0.3 is 5.11 Å². The highest BCUT2D eigenvalue weighted by atomic mass is 16.3. The van der Waals surface area contributed by atoms with Gasteiger partial charge in [-0.2, -0.15) is 0 Å². The summed E-state index contributed by atoms with van der Waals surface area (Å²) in [4.78, 5) is 2.47. The minimum Gasteiger partial charge on any atom is -0.387 e. The Morgan fingerprint density at radius 2 is 1.70 bits per heavy atom. The first-order valence-corrected chi connectivity index (χ1v) is 8.02. The van der Waals surface area contributed by atoms with Crippen molar-refractivity contribution in [2.45, 2.75) is 65.5 Å². The Morgan fingerprint density at radius 3 is 2.20 bits per heavy atom. The molecule has 2 nitrogen and oxygen atoms in total. The first-order chi connectivity index (χ1) is 9.52. The predicted octanol–water partition coefficient (Wildman–Crippen LogP) is 3.91. The predicted molar refractivity (Wildman–Crippen MR) is 85.1 cm³/mol. The van der Waals surface area contributed by atoms with Gasteiger partial charge in [0, 0.05) is 12.6 Å². The summed E-state index contributed by atoms with van der Waals surface area (Å²) in [6.07, 6.45) is 4.93. The van der Waals surface area contributed by atoms with E-state index < -0.39 is 0 Å². The highest BCUT2D eigenvalue weighted by Crippen LogP contribution is 2.28. The first kappa shape index (κ1) is 15.5. The van der Waals surface area contributed by atoms with Gasteiger partial charge in [-0.25, -0.2) is 0 Å². The molecular formula is C18H29NO. The summed E-state index contributed by atoms with van der Waals surface area (Å²) in [5, 5.41) is 10.7. The maximum atomic E-state index is 10.7. The molecule has 0 saturated heterocycles. The minimum absolute atomic E-state index is 0.365. The van der Waals surface area contributed by atoms with E-state index in [1.807, 2.05) is 0 Å². The average molecular weight is 275 g/mol. The molecule has 0 radical (unpaired) electrons. The molecule has 1 saturated carbocycles. The van der Waals surface area contributed by atoms with Gasteiger partial charge in [-0.15, -0.1) is 0 Å². The van der Waals surface area contributed by atoms with Crippen LogP contribution in [-0.2, 0) is 0 Å². The number of hydrogen-bond donors (Lipinski definition) is 1. The van der Waals surface area contributed by atoms with Gasteiger partial charge >= 0.3 is 0 Å². The van der Waals surface area contributed by atoms with Gasteiger partial charge in [-0.05, 0) is 56.8 Å². The van der Waals surface area contributed by atoms with Crippen LogP contribution in [0.4, 0.5) is 0 Å². The lowest BCUT2D eigenvalue weighted by Gasteiger charge is -2.30. The van der Waals surface area contributed by atoms with Gasteiger partial charge in [0.15, 0.2) is 0 Å². The van der Waals surface area contributed by atoms with Crippen LogP contribution in [0.3, 0.4) is 0 Å². The zero-order chi connectivity index (χ0) is 14.7. The molecule has 0 aliphatic heterocycles.